The molecule has 0 radical (unpaired) electrons. The minimum Gasteiger partial charge on any atom is -0.481 e. The first-order valence-corrected chi connectivity index (χ1v) is 10.8. The summed E-state index contributed by atoms with van der Waals surface area (Å²) in [7, 11) is 0. The van der Waals surface area contributed by atoms with E-state index in [0.717, 1.165) is 47.0 Å². The molecule has 7 heteroatoms. The summed E-state index contributed by atoms with van der Waals surface area (Å²) in [6.45, 7) is 2.52. The molecule has 0 fully saturated rings. The second-order valence-electron chi connectivity index (χ2n) is 7.20. The van der Waals surface area contributed by atoms with Crippen molar-refractivity contribution in [3.63, 3.8) is 0 Å². The lowest BCUT2D eigenvalue weighted by atomic mass is 10.2. The van der Waals surface area contributed by atoms with Crippen LogP contribution < -0.4 is 15.6 Å². The maximum atomic E-state index is 12.8. The van der Waals surface area contributed by atoms with Gasteiger partial charge in [0.1, 0.15) is 12.4 Å². The largest absolute Gasteiger partial charge is 0.481 e. The van der Waals surface area contributed by atoms with Crippen molar-refractivity contribution in [1.29, 1.82) is 0 Å². The minimum absolute atomic E-state index is 0.0402. The van der Waals surface area contributed by atoms with Gasteiger partial charge in [0.15, 0.2) is 5.16 Å². The number of ether oxygens (including phenoxy) is 1. The van der Waals surface area contributed by atoms with Crippen LogP contribution in [0.2, 0.25) is 0 Å². The summed E-state index contributed by atoms with van der Waals surface area (Å²) in [4.78, 5) is 29.7. The van der Waals surface area contributed by atoms with Crippen molar-refractivity contribution in [2.45, 2.75) is 43.8 Å². The number of nitrogens with one attached hydrogen (secondary N) is 1. The molecule has 0 saturated heterocycles. The lowest BCUT2D eigenvalue weighted by Crippen LogP contribution is -2.32. The number of nitrogens with zero attached hydrogens (tertiary/aromatic N) is 2. The van der Waals surface area contributed by atoms with Crippen LogP contribution in [0.5, 0.6) is 5.75 Å². The summed E-state index contributed by atoms with van der Waals surface area (Å²) in [5.74, 6) is 7.22. The van der Waals surface area contributed by atoms with E-state index in [1.165, 1.54) is 0 Å². The first-order chi connectivity index (χ1) is 14.1. The van der Waals surface area contributed by atoms with Crippen molar-refractivity contribution in [3.8, 4) is 17.6 Å². The highest BCUT2D eigenvalue weighted by atomic mass is 32.2. The van der Waals surface area contributed by atoms with E-state index < -0.39 is 0 Å². The van der Waals surface area contributed by atoms with Gasteiger partial charge < -0.3 is 10.1 Å². The Labute approximate surface area is 174 Å². The normalized spacial score (nSPS) is 16.5. The maximum absolute atomic E-state index is 12.8. The molecule has 1 aromatic heterocycles. The number of carbonyl (C=O) groups is 1. The molecule has 1 amide bonds. The lowest BCUT2D eigenvalue weighted by molar-refractivity contribution is -0.121. The van der Waals surface area contributed by atoms with E-state index in [1.807, 2.05) is 31.2 Å². The van der Waals surface area contributed by atoms with Gasteiger partial charge in [-0.05, 0) is 37.8 Å². The summed E-state index contributed by atoms with van der Waals surface area (Å²) in [6, 6.07) is 7.63. The molecule has 4 rings (SSSR count). The molecule has 1 aliphatic carbocycles. The Bertz CT molecular complexity index is 1050. The van der Waals surface area contributed by atoms with Gasteiger partial charge in [0, 0.05) is 17.7 Å². The Morgan fingerprint density at radius 1 is 1.34 bits per heavy atom. The van der Waals surface area contributed by atoms with E-state index >= 15 is 0 Å². The van der Waals surface area contributed by atoms with E-state index in [-0.39, 0.29) is 37.1 Å². The fourth-order valence-corrected chi connectivity index (χ4v) is 4.83. The van der Waals surface area contributed by atoms with Gasteiger partial charge in [0.05, 0.1) is 18.3 Å². The molecule has 150 valence electrons. The van der Waals surface area contributed by atoms with E-state index in [9.17, 15) is 9.59 Å². The van der Waals surface area contributed by atoms with Crippen LogP contribution in [0, 0.1) is 18.8 Å². The molecule has 0 saturated carbocycles. The van der Waals surface area contributed by atoms with Crippen LogP contribution >= 0.6 is 11.8 Å². The van der Waals surface area contributed by atoms with Crippen molar-refractivity contribution in [3.05, 3.63) is 51.4 Å². The van der Waals surface area contributed by atoms with Gasteiger partial charge in [-0.3, -0.25) is 14.2 Å². The van der Waals surface area contributed by atoms with E-state index in [0.29, 0.717) is 5.75 Å². The highest BCUT2D eigenvalue weighted by Gasteiger charge is 2.30. The van der Waals surface area contributed by atoms with E-state index in [2.05, 4.69) is 22.1 Å². The maximum Gasteiger partial charge on any atom is 0.257 e. The second kappa shape index (κ2) is 8.75. The molecular formula is C22H23N3O3S. The third-order valence-electron chi connectivity index (χ3n) is 5.19. The van der Waals surface area contributed by atoms with Crippen LogP contribution in [0.1, 0.15) is 35.7 Å². The van der Waals surface area contributed by atoms with Gasteiger partial charge in [-0.15, -0.1) is 0 Å². The summed E-state index contributed by atoms with van der Waals surface area (Å²) in [6.07, 6.45) is 2.94. The van der Waals surface area contributed by atoms with Gasteiger partial charge in [-0.1, -0.05) is 41.8 Å². The standard InChI is InChI=1S/C22H23N3O3S/c1-15-7-2-3-10-19(15)28-12-5-4-11-23-20(26)13-16-14-29-22-24-18-9-6-8-17(18)21(27)25(16)22/h2-3,7,10,16H,6,8-9,11-14H2,1H3,(H,23,26). The molecule has 2 aliphatic rings. The highest BCUT2D eigenvalue weighted by molar-refractivity contribution is 7.99. The zero-order valence-electron chi connectivity index (χ0n) is 16.4. The van der Waals surface area contributed by atoms with E-state index in [4.69, 9.17) is 4.74 Å². The predicted molar refractivity (Wildman–Crippen MR) is 112 cm³/mol. The summed E-state index contributed by atoms with van der Waals surface area (Å²) < 4.78 is 7.32. The van der Waals surface area contributed by atoms with Crippen LogP contribution in [0.15, 0.2) is 34.2 Å². The second-order valence-corrected chi connectivity index (χ2v) is 8.19. The number of rotatable bonds is 5. The number of hydrogen-bond donors (Lipinski definition) is 1. The molecule has 1 unspecified atom stereocenters. The van der Waals surface area contributed by atoms with Crippen LogP contribution in [-0.2, 0) is 17.6 Å². The molecular weight excluding hydrogens is 386 g/mol. The molecule has 1 aromatic carbocycles. The number of thioether (sulfide) groups is 1. The Kier molecular flexibility index (Phi) is 5.91. The molecule has 2 heterocycles. The molecule has 29 heavy (non-hydrogen) atoms. The number of aryl methyl sites for hydroxylation is 2. The first-order valence-electron chi connectivity index (χ1n) is 9.81. The Balaban J connectivity index is 1.27. The van der Waals surface area contributed by atoms with E-state index in [1.54, 1.807) is 16.3 Å². The summed E-state index contributed by atoms with van der Waals surface area (Å²) >= 11 is 1.56. The van der Waals surface area contributed by atoms with Crippen LogP contribution in [0.4, 0.5) is 0 Å². The van der Waals surface area contributed by atoms with Crippen molar-refractivity contribution in [1.82, 2.24) is 14.9 Å². The van der Waals surface area contributed by atoms with Gasteiger partial charge in [-0.25, -0.2) is 4.98 Å². The summed E-state index contributed by atoms with van der Waals surface area (Å²) in [5.41, 5.74) is 2.88. The number of amides is 1. The molecule has 0 bridgehead atoms. The van der Waals surface area contributed by atoms with Gasteiger partial charge in [0.25, 0.3) is 5.56 Å². The van der Waals surface area contributed by atoms with Gasteiger partial charge in [0.2, 0.25) is 5.91 Å². The molecule has 0 spiro atoms. The third-order valence-corrected chi connectivity index (χ3v) is 6.28. The fraction of sp³-hybridized carbons (Fsp3) is 0.409. The Morgan fingerprint density at radius 3 is 3.07 bits per heavy atom. The first kappa shape index (κ1) is 19.6. The zero-order valence-corrected chi connectivity index (χ0v) is 17.2. The molecule has 1 N–H and O–H groups in total. The Hall–Kier alpha value is -2.72. The fourth-order valence-electron chi connectivity index (χ4n) is 3.68. The van der Waals surface area contributed by atoms with Crippen molar-refractivity contribution >= 4 is 17.7 Å². The number of carbonyl (C=O) groups excluding carboxylic acids is 1. The van der Waals surface area contributed by atoms with Crippen molar-refractivity contribution in [2.75, 3.05) is 18.9 Å². The highest BCUT2D eigenvalue weighted by Crippen LogP contribution is 2.33. The van der Waals surface area contributed by atoms with Gasteiger partial charge >= 0.3 is 0 Å². The van der Waals surface area contributed by atoms with Crippen LogP contribution in [0.3, 0.4) is 0 Å². The molecule has 6 nitrogen and oxygen atoms in total. The third kappa shape index (κ3) is 4.33. The molecule has 1 aliphatic heterocycles. The number of aromatic nitrogens is 2. The van der Waals surface area contributed by atoms with Crippen LogP contribution in [0.25, 0.3) is 0 Å². The molecule has 2 aromatic rings. The smallest absolute Gasteiger partial charge is 0.257 e. The van der Waals surface area contributed by atoms with Crippen molar-refractivity contribution in [2.24, 2.45) is 0 Å². The molecule has 1 atom stereocenters. The number of fused-ring (bicyclic) bond motifs is 2. The topological polar surface area (TPSA) is 73.2 Å². The Morgan fingerprint density at radius 2 is 2.21 bits per heavy atom. The summed E-state index contributed by atoms with van der Waals surface area (Å²) in [5, 5.41) is 3.56. The number of benzene rings is 1. The van der Waals surface area contributed by atoms with Crippen LogP contribution in [-0.4, -0.2) is 34.4 Å². The number of hydrogen-bond acceptors (Lipinski definition) is 5. The average molecular weight is 410 g/mol. The SMILES string of the molecule is Cc1ccccc1OCC#CCNC(=O)CC1CSc2nc3c(c(=O)n21)CCC3. The zero-order chi connectivity index (χ0) is 20.2. The lowest BCUT2D eigenvalue weighted by Gasteiger charge is -2.13. The van der Waals surface area contributed by atoms with Crippen molar-refractivity contribution < 1.29 is 9.53 Å². The monoisotopic (exact) mass is 409 g/mol. The quantitative estimate of drug-likeness (QED) is 0.606. The van der Waals surface area contributed by atoms with Gasteiger partial charge in [-0.2, -0.15) is 0 Å². The average Bonchev–Trinajstić information content (AvgIpc) is 3.34. The minimum atomic E-state index is -0.141. The predicted octanol–water partition coefficient (Wildman–Crippen LogP) is 2.28. The number of para-hydroxylation sites is 1.